The van der Waals surface area contributed by atoms with E-state index in [0.29, 0.717) is 17.8 Å². The molecule has 2 rings (SSSR count). The van der Waals surface area contributed by atoms with Crippen LogP contribution in [-0.4, -0.2) is 30.1 Å². The lowest BCUT2D eigenvalue weighted by Gasteiger charge is -2.10. The average Bonchev–Trinajstić information content (AvgIpc) is 2.81. The number of rotatable bonds is 6. The molecule has 0 aliphatic rings. The first-order valence-electron chi connectivity index (χ1n) is 6.63. The molecule has 0 radical (unpaired) electrons. The highest BCUT2D eigenvalue weighted by Crippen LogP contribution is 2.21. The topological polar surface area (TPSA) is 99.8 Å². The normalized spacial score (nSPS) is 11.6. The highest BCUT2D eigenvalue weighted by atomic mass is 32.2. The van der Waals surface area contributed by atoms with Crippen LogP contribution < -0.4 is 10.0 Å². The van der Waals surface area contributed by atoms with E-state index < -0.39 is 10.0 Å². The number of nitrogens with one attached hydrogen (secondary N) is 3. The molecule has 7 nitrogen and oxygen atoms in total. The van der Waals surface area contributed by atoms with Crippen LogP contribution in [0, 0.1) is 13.8 Å². The molecule has 0 amide bonds. The van der Waals surface area contributed by atoms with Gasteiger partial charge in [0.2, 0.25) is 5.03 Å². The van der Waals surface area contributed by atoms with Crippen molar-refractivity contribution in [1.82, 2.24) is 20.5 Å². The summed E-state index contributed by atoms with van der Waals surface area (Å²) in [5.74, 6) is 0. The third-order valence-corrected chi connectivity index (χ3v) is 4.46. The smallest absolute Gasteiger partial charge is 0.281 e. The van der Waals surface area contributed by atoms with Crippen molar-refractivity contribution in [3.8, 4) is 0 Å². The summed E-state index contributed by atoms with van der Waals surface area (Å²) in [7, 11) is -3.75. The Labute approximate surface area is 124 Å². The van der Waals surface area contributed by atoms with E-state index >= 15 is 0 Å². The molecule has 2 aromatic heterocycles. The minimum Gasteiger partial charge on any atom is -0.313 e. The number of aromatic amines is 1. The second-order valence-corrected chi connectivity index (χ2v) is 6.31. The van der Waals surface area contributed by atoms with Gasteiger partial charge in [-0.25, -0.2) is 0 Å². The van der Waals surface area contributed by atoms with Gasteiger partial charge >= 0.3 is 0 Å². The third-order valence-electron chi connectivity index (χ3n) is 3.13. The molecule has 0 aromatic carbocycles. The van der Waals surface area contributed by atoms with E-state index in [9.17, 15) is 8.42 Å². The van der Waals surface area contributed by atoms with Crippen LogP contribution in [0.15, 0.2) is 23.5 Å². The van der Waals surface area contributed by atoms with Crippen LogP contribution >= 0.6 is 0 Å². The van der Waals surface area contributed by atoms with Crippen molar-refractivity contribution in [2.75, 3.05) is 11.3 Å². The summed E-state index contributed by atoms with van der Waals surface area (Å²) < 4.78 is 27.5. The van der Waals surface area contributed by atoms with Crippen LogP contribution in [0.4, 0.5) is 5.69 Å². The number of aryl methyl sites for hydroxylation is 2. The summed E-state index contributed by atoms with van der Waals surface area (Å²) in [4.78, 5) is 3.93. The zero-order valence-electron chi connectivity index (χ0n) is 12.3. The number of hydrogen-bond donors (Lipinski definition) is 3. The molecule has 0 aliphatic carbocycles. The average molecular weight is 309 g/mol. The van der Waals surface area contributed by atoms with E-state index in [1.54, 1.807) is 19.2 Å². The fourth-order valence-corrected chi connectivity index (χ4v) is 3.19. The van der Waals surface area contributed by atoms with Crippen LogP contribution in [0.1, 0.15) is 23.7 Å². The van der Waals surface area contributed by atoms with Crippen LogP contribution in [-0.2, 0) is 16.6 Å². The van der Waals surface area contributed by atoms with Gasteiger partial charge in [0.25, 0.3) is 10.0 Å². The Morgan fingerprint density at radius 2 is 2.10 bits per heavy atom. The Hall–Kier alpha value is -1.93. The fraction of sp³-hybridized carbons (Fsp3) is 0.385. The van der Waals surface area contributed by atoms with Crippen LogP contribution in [0.2, 0.25) is 0 Å². The molecule has 0 fully saturated rings. The van der Waals surface area contributed by atoms with Crippen LogP contribution in [0.5, 0.6) is 0 Å². The summed E-state index contributed by atoms with van der Waals surface area (Å²) >= 11 is 0. The zero-order valence-corrected chi connectivity index (χ0v) is 13.1. The SMILES string of the molecule is CCNCc1c(S(=O)(=O)Nc2cnccc2C)n[nH]c1C. The number of sulfonamides is 1. The predicted molar refractivity (Wildman–Crippen MR) is 80.5 cm³/mol. The van der Waals surface area contributed by atoms with Gasteiger partial charge in [-0.05, 0) is 32.0 Å². The Balaban J connectivity index is 2.34. The molecule has 114 valence electrons. The molecule has 21 heavy (non-hydrogen) atoms. The summed E-state index contributed by atoms with van der Waals surface area (Å²) in [5.41, 5.74) is 2.63. The quantitative estimate of drug-likeness (QED) is 0.747. The van der Waals surface area contributed by atoms with E-state index in [-0.39, 0.29) is 5.03 Å². The molecule has 0 spiro atoms. The van der Waals surface area contributed by atoms with Crippen molar-refractivity contribution < 1.29 is 8.42 Å². The van der Waals surface area contributed by atoms with Gasteiger partial charge in [-0.15, -0.1) is 0 Å². The Morgan fingerprint density at radius 3 is 2.76 bits per heavy atom. The number of anilines is 1. The molecule has 8 heteroatoms. The molecule has 0 unspecified atom stereocenters. The summed E-state index contributed by atoms with van der Waals surface area (Å²) in [6.07, 6.45) is 3.10. The first-order chi connectivity index (χ1) is 9.95. The first kappa shape index (κ1) is 15.5. The Bertz CT molecular complexity index is 724. The van der Waals surface area contributed by atoms with Crippen LogP contribution in [0.25, 0.3) is 0 Å². The van der Waals surface area contributed by atoms with E-state index in [0.717, 1.165) is 17.8 Å². The maximum Gasteiger partial charge on any atom is 0.281 e. The first-order valence-corrected chi connectivity index (χ1v) is 8.12. The standard InChI is InChI=1S/C13H19N5O2S/c1-4-14-7-11-10(3)16-17-13(11)21(19,20)18-12-8-15-6-5-9(12)2/h5-6,8,14,18H,4,7H2,1-3H3,(H,16,17). The maximum atomic E-state index is 12.5. The van der Waals surface area contributed by atoms with Gasteiger partial charge in [0.15, 0.2) is 0 Å². The molecule has 2 aromatic rings. The summed E-state index contributed by atoms with van der Waals surface area (Å²) in [5, 5.41) is 9.79. The third kappa shape index (κ3) is 3.40. The lowest BCUT2D eigenvalue weighted by atomic mass is 10.2. The number of nitrogens with zero attached hydrogens (tertiary/aromatic N) is 2. The van der Waals surface area contributed by atoms with Gasteiger partial charge in [0.05, 0.1) is 11.9 Å². The van der Waals surface area contributed by atoms with E-state index in [2.05, 4.69) is 25.2 Å². The van der Waals surface area contributed by atoms with Crippen molar-refractivity contribution in [1.29, 1.82) is 0 Å². The maximum absolute atomic E-state index is 12.5. The predicted octanol–water partition coefficient (Wildman–Crippen LogP) is 1.33. The number of pyridine rings is 1. The zero-order chi connectivity index (χ0) is 15.5. The molecular formula is C13H19N5O2S. The van der Waals surface area contributed by atoms with Crippen molar-refractivity contribution in [2.45, 2.75) is 32.3 Å². The second-order valence-electron chi connectivity index (χ2n) is 4.71. The number of aromatic nitrogens is 3. The van der Waals surface area contributed by atoms with E-state index in [1.165, 1.54) is 6.20 Å². The summed E-state index contributed by atoms with van der Waals surface area (Å²) in [6, 6.07) is 1.74. The van der Waals surface area contributed by atoms with Gasteiger partial charge in [-0.3, -0.25) is 14.8 Å². The van der Waals surface area contributed by atoms with Gasteiger partial charge < -0.3 is 5.32 Å². The minimum absolute atomic E-state index is 0.0178. The van der Waals surface area contributed by atoms with Crippen molar-refractivity contribution >= 4 is 15.7 Å². The van der Waals surface area contributed by atoms with Crippen LogP contribution in [0.3, 0.4) is 0 Å². The van der Waals surface area contributed by atoms with E-state index in [1.807, 2.05) is 13.8 Å². The van der Waals surface area contributed by atoms with Gasteiger partial charge in [0, 0.05) is 24.0 Å². The molecule has 0 bridgehead atoms. The molecule has 0 saturated heterocycles. The van der Waals surface area contributed by atoms with Gasteiger partial charge in [0.1, 0.15) is 0 Å². The molecule has 3 N–H and O–H groups in total. The van der Waals surface area contributed by atoms with Crippen molar-refractivity contribution in [3.05, 3.63) is 35.3 Å². The largest absolute Gasteiger partial charge is 0.313 e. The molecule has 0 saturated carbocycles. The highest BCUT2D eigenvalue weighted by molar-refractivity contribution is 7.92. The van der Waals surface area contributed by atoms with E-state index in [4.69, 9.17) is 0 Å². The Kier molecular flexibility index (Phi) is 4.59. The monoisotopic (exact) mass is 309 g/mol. The lowest BCUT2D eigenvalue weighted by Crippen LogP contribution is -2.19. The number of hydrogen-bond acceptors (Lipinski definition) is 5. The highest BCUT2D eigenvalue weighted by Gasteiger charge is 2.24. The van der Waals surface area contributed by atoms with Crippen molar-refractivity contribution in [2.24, 2.45) is 0 Å². The molecular weight excluding hydrogens is 290 g/mol. The summed E-state index contributed by atoms with van der Waals surface area (Å²) in [6.45, 7) is 6.77. The Morgan fingerprint density at radius 1 is 1.33 bits per heavy atom. The molecule has 0 atom stereocenters. The van der Waals surface area contributed by atoms with Crippen molar-refractivity contribution in [3.63, 3.8) is 0 Å². The second kappa shape index (κ2) is 6.23. The molecule has 0 aliphatic heterocycles. The lowest BCUT2D eigenvalue weighted by molar-refractivity contribution is 0.594. The van der Waals surface area contributed by atoms with Gasteiger partial charge in [-0.2, -0.15) is 13.5 Å². The van der Waals surface area contributed by atoms with Gasteiger partial charge in [-0.1, -0.05) is 6.92 Å². The fourth-order valence-electron chi connectivity index (χ4n) is 1.87. The minimum atomic E-state index is -3.75. The molecule has 2 heterocycles. The number of H-pyrrole nitrogens is 1.